The van der Waals surface area contributed by atoms with E-state index in [1.54, 1.807) is 4.90 Å². The number of primary amides is 1. The summed E-state index contributed by atoms with van der Waals surface area (Å²) in [7, 11) is -3.26. The van der Waals surface area contributed by atoms with Crippen molar-refractivity contribution in [1.82, 2.24) is 4.90 Å². The molecule has 3 fully saturated rings. The number of rotatable bonds is 5. The number of ether oxygens (including phenoxy) is 1. The third kappa shape index (κ3) is 3.68. The smallest absolute Gasteiger partial charge is 0.226 e. The Balaban J connectivity index is 1.72. The van der Waals surface area contributed by atoms with Gasteiger partial charge in [-0.1, -0.05) is 0 Å². The maximum atomic E-state index is 12.7. The molecule has 1 heterocycles. The van der Waals surface area contributed by atoms with E-state index in [1.807, 2.05) is 0 Å². The van der Waals surface area contributed by atoms with Crippen LogP contribution >= 0.6 is 0 Å². The van der Waals surface area contributed by atoms with E-state index >= 15 is 0 Å². The second-order valence-electron chi connectivity index (χ2n) is 6.92. The maximum absolute atomic E-state index is 12.7. The standard InChI is InChI=1S/C15H24N2O5S/c16-14(18)12-7-11(23(20,21)9-10-1-2-10)8-13(12)15(19)17-3-5-22-6-4-17/h10-13H,1-9H2,(H2,16,18)/t11-,12-,13-/m1/s1. The molecule has 3 atom stereocenters. The molecule has 2 amide bonds. The predicted molar refractivity (Wildman–Crippen MR) is 83.1 cm³/mol. The molecule has 0 radical (unpaired) electrons. The molecule has 1 saturated heterocycles. The van der Waals surface area contributed by atoms with Gasteiger partial charge in [0.05, 0.1) is 36.1 Å². The largest absolute Gasteiger partial charge is 0.378 e. The third-order valence-electron chi connectivity index (χ3n) is 5.20. The van der Waals surface area contributed by atoms with Crippen LogP contribution in [-0.2, 0) is 24.2 Å². The fourth-order valence-electron chi connectivity index (χ4n) is 3.64. The van der Waals surface area contributed by atoms with Crippen LogP contribution in [0, 0.1) is 17.8 Å². The molecular formula is C15H24N2O5S. The Morgan fingerprint density at radius 3 is 2.26 bits per heavy atom. The molecule has 2 N–H and O–H groups in total. The molecule has 7 nitrogen and oxygen atoms in total. The molecule has 0 aromatic rings. The van der Waals surface area contributed by atoms with Gasteiger partial charge in [-0.05, 0) is 31.6 Å². The summed E-state index contributed by atoms with van der Waals surface area (Å²) in [5, 5.41) is -0.615. The quantitative estimate of drug-likeness (QED) is 0.727. The fourth-order valence-corrected chi connectivity index (χ4v) is 5.90. The fraction of sp³-hybridized carbons (Fsp3) is 0.867. The van der Waals surface area contributed by atoms with Crippen molar-refractivity contribution >= 4 is 21.7 Å². The monoisotopic (exact) mass is 344 g/mol. The van der Waals surface area contributed by atoms with Crippen molar-refractivity contribution in [2.75, 3.05) is 32.1 Å². The van der Waals surface area contributed by atoms with Crippen molar-refractivity contribution in [1.29, 1.82) is 0 Å². The zero-order chi connectivity index (χ0) is 16.6. The first kappa shape index (κ1) is 16.7. The van der Waals surface area contributed by atoms with E-state index in [4.69, 9.17) is 10.5 Å². The van der Waals surface area contributed by atoms with Gasteiger partial charge in [-0.2, -0.15) is 0 Å². The average Bonchev–Trinajstić information content (AvgIpc) is 3.19. The molecule has 0 unspecified atom stereocenters. The van der Waals surface area contributed by atoms with Gasteiger partial charge in [0.25, 0.3) is 0 Å². The van der Waals surface area contributed by atoms with Crippen LogP contribution in [0.15, 0.2) is 0 Å². The van der Waals surface area contributed by atoms with Gasteiger partial charge in [0, 0.05) is 13.1 Å². The highest BCUT2D eigenvalue weighted by Crippen LogP contribution is 2.40. The van der Waals surface area contributed by atoms with Gasteiger partial charge in [0.15, 0.2) is 9.84 Å². The first-order valence-corrected chi connectivity index (χ1v) is 9.97. The molecule has 0 aromatic carbocycles. The number of nitrogens with two attached hydrogens (primary N) is 1. The highest BCUT2D eigenvalue weighted by atomic mass is 32.2. The molecule has 8 heteroatoms. The summed E-state index contributed by atoms with van der Waals surface area (Å²) in [6, 6.07) is 0. The van der Waals surface area contributed by atoms with Crippen LogP contribution in [0.3, 0.4) is 0 Å². The van der Waals surface area contributed by atoms with E-state index in [0.29, 0.717) is 26.3 Å². The lowest BCUT2D eigenvalue weighted by Crippen LogP contribution is -2.46. The van der Waals surface area contributed by atoms with E-state index in [9.17, 15) is 18.0 Å². The van der Waals surface area contributed by atoms with Gasteiger partial charge in [-0.3, -0.25) is 9.59 Å². The summed E-state index contributed by atoms with van der Waals surface area (Å²) in [6.07, 6.45) is 2.33. The minimum atomic E-state index is -3.26. The zero-order valence-electron chi connectivity index (χ0n) is 13.1. The van der Waals surface area contributed by atoms with Crippen LogP contribution in [0.4, 0.5) is 0 Å². The lowest BCUT2D eigenvalue weighted by atomic mass is 9.94. The van der Waals surface area contributed by atoms with Gasteiger partial charge in [-0.15, -0.1) is 0 Å². The van der Waals surface area contributed by atoms with Crippen molar-refractivity contribution in [3.05, 3.63) is 0 Å². The van der Waals surface area contributed by atoms with Crippen LogP contribution in [0.1, 0.15) is 25.7 Å². The Hall–Kier alpha value is -1.15. The van der Waals surface area contributed by atoms with Crippen LogP contribution in [0.2, 0.25) is 0 Å². The minimum absolute atomic E-state index is 0.152. The number of sulfone groups is 1. The van der Waals surface area contributed by atoms with Gasteiger partial charge < -0.3 is 15.4 Å². The van der Waals surface area contributed by atoms with Gasteiger partial charge in [-0.25, -0.2) is 8.42 Å². The first-order valence-electron chi connectivity index (χ1n) is 8.26. The molecule has 2 saturated carbocycles. The molecular weight excluding hydrogens is 320 g/mol. The first-order chi connectivity index (χ1) is 10.9. The lowest BCUT2D eigenvalue weighted by molar-refractivity contribution is -0.143. The lowest BCUT2D eigenvalue weighted by Gasteiger charge is -2.30. The second kappa shape index (κ2) is 6.39. The number of nitrogens with zero attached hydrogens (tertiary/aromatic N) is 1. The normalized spacial score (nSPS) is 32.0. The summed E-state index contributed by atoms with van der Waals surface area (Å²) >= 11 is 0. The minimum Gasteiger partial charge on any atom is -0.378 e. The van der Waals surface area contributed by atoms with E-state index in [0.717, 1.165) is 12.8 Å². The Kier molecular flexibility index (Phi) is 4.64. The zero-order valence-corrected chi connectivity index (χ0v) is 14.0. The van der Waals surface area contributed by atoms with E-state index in [1.165, 1.54) is 0 Å². The Bertz CT molecular complexity index is 581. The number of carbonyl (C=O) groups excluding carboxylic acids is 2. The highest BCUT2D eigenvalue weighted by Gasteiger charge is 2.48. The van der Waals surface area contributed by atoms with Crippen LogP contribution < -0.4 is 5.73 Å². The number of carbonyl (C=O) groups is 2. The van der Waals surface area contributed by atoms with Gasteiger partial charge >= 0.3 is 0 Å². The maximum Gasteiger partial charge on any atom is 0.226 e. The molecule has 1 aliphatic heterocycles. The molecule has 23 heavy (non-hydrogen) atoms. The third-order valence-corrected chi connectivity index (χ3v) is 7.53. The molecule has 2 aliphatic carbocycles. The molecule has 3 aliphatic rings. The number of amides is 2. The SMILES string of the molecule is NC(=O)[C@@H]1C[C@@H](S(=O)(=O)CC2CC2)C[C@H]1C(=O)N1CCOCC1. The molecule has 3 rings (SSSR count). The van der Waals surface area contributed by atoms with Crippen molar-refractivity contribution in [3.63, 3.8) is 0 Å². The Morgan fingerprint density at radius 2 is 1.70 bits per heavy atom. The summed E-state index contributed by atoms with van der Waals surface area (Å²) in [5.41, 5.74) is 5.45. The summed E-state index contributed by atoms with van der Waals surface area (Å²) in [5.74, 6) is -1.56. The molecule has 130 valence electrons. The van der Waals surface area contributed by atoms with Gasteiger partial charge in [0.1, 0.15) is 0 Å². The van der Waals surface area contributed by atoms with E-state index in [2.05, 4.69) is 0 Å². The topological polar surface area (TPSA) is 107 Å². The molecule has 0 aromatic heterocycles. The van der Waals surface area contributed by atoms with Crippen molar-refractivity contribution in [2.45, 2.75) is 30.9 Å². The summed E-state index contributed by atoms with van der Waals surface area (Å²) in [6.45, 7) is 1.92. The number of hydrogen-bond acceptors (Lipinski definition) is 5. The number of hydrogen-bond donors (Lipinski definition) is 1. The van der Waals surface area contributed by atoms with Crippen molar-refractivity contribution in [2.24, 2.45) is 23.5 Å². The Morgan fingerprint density at radius 1 is 1.09 bits per heavy atom. The van der Waals surface area contributed by atoms with E-state index in [-0.39, 0.29) is 30.4 Å². The molecule has 0 spiro atoms. The van der Waals surface area contributed by atoms with E-state index < -0.39 is 32.8 Å². The van der Waals surface area contributed by atoms with Crippen LogP contribution in [0.25, 0.3) is 0 Å². The highest BCUT2D eigenvalue weighted by molar-refractivity contribution is 7.92. The van der Waals surface area contributed by atoms with Gasteiger partial charge in [0.2, 0.25) is 11.8 Å². The predicted octanol–water partition coefficient (Wildman–Crippen LogP) is -0.450. The summed E-state index contributed by atoms with van der Waals surface area (Å²) < 4.78 is 30.2. The Labute approximate surface area is 136 Å². The van der Waals surface area contributed by atoms with Crippen molar-refractivity contribution in [3.8, 4) is 0 Å². The molecule has 0 bridgehead atoms. The average molecular weight is 344 g/mol. The number of morpholine rings is 1. The second-order valence-corrected chi connectivity index (χ2v) is 9.25. The van der Waals surface area contributed by atoms with Crippen molar-refractivity contribution < 1.29 is 22.7 Å². The summed E-state index contributed by atoms with van der Waals surface area (Å²) in [4.78, 5) is 26.1. The van der Waals surface area contributed by atoms with Crippen LogP contribution in [-0.4, -0.2) is 62.4 Å². The van der Waals surface area contributed by atoms with Crippen LogP contribution in [0.5, 0.6) is 0 Å².